The third-order valence-corrected chi connectivity index (χ3v) is 5.11. The van der Waals surface area contributed by atoms with Crippen molar-refractivity contribution in [3.63, 3.8) is 0 Å². The highest BCUT2D eigenvalue weighted by Crippen LogP contribution is 2.19. The lowest BCUT2D eigenvalue weighted by Crippen LogP contribution is -2.58. The van der Waals surface area contributed by atoms with Crippen LogP contribution in [0.4, 0.5) is 0 Å². The molecule has 2 atom stereocenters. The molecule has 114 valence electrons. The van der Waals surface area contributed by atoms with Gasteiger partial charge in [-0.25, -0.2) is 0 Å². The summed E-state index contributed by atoms with van der Waals surface area (Å²) in [4.78, 5) is 2.73. The van der Waals surface area contributed by atoms with Crippen molar-refractivity contribution in [2.75, 3.05) is 19.6 Å². The predicted molar refractivity (Wildman–Crippen MR) is 89.5 cm³/mol. The Morgan fingerprint density at radius 1 is 1.35 bits per heavy atom. The van der Waals surface area contributed by atoms with Gasteiger partial charge in [0.05, 0.1) is 0 Å². The van der Waals surface area contributed by atoms with Crippen LogP contribution < -0.4 is 5.32 Å². The van der Waals surface area contributed by atoms with Crippen molar-refractivity contribution >= 4 is 11.3 Å². The van der Waals surface area contributed by atoms with Gasteiger partial charge in [0, 0.05) is 31.7 Å². The van der Waals surface area contributed by atoms with Crippen LogP contribution in [-0.2, 0) is 6.42 Å². The molecule has 3 heteroatoms. The first-order valence-electron chi connectivity index (χ1n) is 8.04. The molecule has 0 saturated carbocycles. The van der Waals surface area contributed by atoms with Crippen molar-refractivity contribution < 1.29 is 0 Å². The molecule has 1 saturated heterocycles. The van der Waals surface area contributed by atoms with E-state index in [0.717, 1.165) is 18.4 Å². The topological polar surface area (TPSA) is 15.3 Å². The standard InChI is InChI=1S/C17H30N2S/c1-13(2)9-16-10-18-17(14(3)4)11-19(16)7-5-15-6-8-20-12-15/h6,8,12-14,16-18H,5,7,9-11H2,1-4H3. The van der Waals surface area contributed by atoms with E-state index in [1.807, 2.05) is 11.3 Å². The van der Waals surface area contributed by atoms with Gasteiger partial charge in [-0.05, 0) is 47.1 Å². The average Bonchev–Trinajstić information content (AvgIpc) is 2.89. The van der Waals surface area contributed by atoms with Crippen LogP contribution in [-0.4, -0.2) is 36.6 Å². The fourth-order valence-corrected chi connectivity index (χ4v) is 3.79. The Bertz CT molecular complexity index is 372. The molecule has 0 bridgehead atoms. The molecule has 0 radical (unpaired) electrons. The lowest BCUT2D eigenvalue weighted by molar-refractivity contribution is 0.101. The average molecular weight is 295 g/mol. The molecule has 2 heterocycles. The largest absolute Gasteiger partial charge is 0.311 e. The SMILES string of the molecule is CC(C)CC1CNC(C(C)C)CN1CCc1ccsc1. The van der Waals surface area contributed by atoms with E-state index in [1.54, 1.807) is 0 Å². The second kappa shape index (κ2) is 7.58. The van der Waals surface area contributed by atoms with Gasteiger partial charge < -0.3 is 5.32 Å². The summed E-state index contributed by atoms with van der Waals surface area (Å²) in [6, 6.07) is 3.63. The van der Waals surface area contributed by atoms with E-state index in [4.69, 9.17) is 0 Å². The lowest BCUT2D eigenvalue weighted by atomic mass is 9.94. The first-order valence-corrected chi connectivity index (χ1v) is 8.99. The summed E-state index contributed by atoms with van der Waals surface area (Å²) in [6.45, 7) is 12.9. The van der Waals surface area contributed by atoms with Gasteiger partial charge in [0.15, 0.2) is 0 Å². The molecule has 2 rings (SSSR count). The van der Waals surface area contributed by atoms with Gasteiger partial charge in [-0.2, -0.15) is 11.3 Å². The highest BCUT2D eigenvalue weighted by Gasteiger charge is 2.29. The molecule has 0 aliphatic carbocycles. The van der Waals surface area contributed by atoms with Crippen LogP contribution in [0.5, 0.6) is 0 Å². The number of rotatable bonds is 6. The number of nitrogens with zero attached hydrogens (tertiary/aromatic N) is 1. The lowest BCUT2D eigenvalue weighted by Gasteiger charge is -2.42. The van der Waals surface area contributed by atoms with E-state index in [2.05, 4.69) is 54.7 Å². The van der Waals surface area contributed by atoms with E-state index in [1.165, 1.54) is 31.5 Å². The second-order valence-electron chi connectivity index (χ2n) is 6.92. The molecule has 2 nitrogen and oxygen atoms in total. The van der Waals surface area contributed by atoms with Gasteiger partial charge in [0.1, 0.15) is 0 Å². The maximum Gasteiger partial charge on any atom is 0.0223 e. The minimum absolute atomic E-state index is 0.654. The number of piperazine rings is 1. The molecule has 1 N–H and O–H groups in total. The zero-order chi connectivity index (χ0) is 14.5. The number of thiophene rings is 1. The molecule has 0 aromatic carbocycles. The smallest absolute Gasteiger partial charge is 0.0223 e. The second-order valence-corrected chi connectivity index (χ2v) is 7.70. The van der Waals surface area contributed by atoms with Crippen LogP contribution in [0.1, 0.15) is 39.7 Å². The Labute approximate surface area is 128 Å². The minimum atomic E-state index is 0.654. The van der Waals surface area contributed by atoms with Crippen molar-refractivity contribution in [2.45, 2.75) is 52.6 Å². The summed E-state index contributed by atoms with van der Waals surface area (Å²) < 4.78 is 0. The monoisotopic (exact) mass is 294 g/mol. The molecule has 0 spiro atoms. The van der Waals surface area contributed by atoms with Crippen LogP contribution in [0.3, 0.4) is 0 Å². The maximum atomic E-state index is 3.76. The quantitative estimate of drug-likeness (QED) is 0.862. The van der Waals surface area contributed by atoms with Crippen molar-refractivity contribution in [2.24, 2.45) is 11.8 Å². The molecule has 2 unspecified atom stereocenters. The van der Waals surface area contributed by atoms with Crippen molar-refractivity contribution in [3.8, 4) is 0 Å². The zero-order valence-electron chi connectivity index (χ0n) is 13.4. The third-order valence-electron chi connectivity index (χ3n) is 4.38. The van der Waals surface area contributed by atoms with E-state index < -0.39 is 0 Å². The Morgan fingerprint density at radius 3 is 2.75 bits per heavy atom. The molecule has 1 aliphatic heterocycles. The molecular formula is C17H30N2S. The maximum absolute atomic E-state index is 3.76. The van der Waals surface area contributed by atoms with Gasteiger partial charge >= 0.3 is 0 Å². The number of nitrogens with one attached hydrogen (secondary N) is 1. The molecule has 1 aliphatic rings. The van der Waals surface area contributed by atoms with Crippen molar-refractivity contribution in [1.29, 1.82) is 0 Å². The molecule has 0 amide bonds. The summed E-state index contributed by atoms with van der Waals surface area (Å²) in [7, 11) is 0. The summed E-state index contributed by atoms with van der Waals surface area (Å²) in [5, 5.41) is 8.24. The summed E-state index contributed by atoms with van der Waals surface area (Å²) in [5.41, 5.74) is 1.50. The van der Waals surface area contributed by atoms with Crippen LogP contribution in [0.15, 0.2) is 16.8 Å². The van der Waals surface area contributed by atoms with Crippen LogP contribution in [0.25, 0.3) is 0 Å². The molecule has 20 heavy (non-hydrogen) atoms. The minimum Gasteiger partial charge on any atom is -0.311 e. The van der Waals surface area contributed by atoms with Crippen LogP contribution in [0.2, 0.25) is 0 Å². The molecule has 1 aromatic heterocycles. The highest BCUT2D eigenvalue weighted by atomic mass is 32.1. The first kappa shape index (κ1) is 16.0. The van der Waals surface area contributed by atoms with Gasteiger partial charge in [-0.1, -0.05) is 27.7 Å². The van der Waals surface area contributed by atoms with Gasteiger partial charge in [-0.15, -0.1) is 0 Å². The van der Waals surface area contributed by atoms with Gasteiger partial charge in [-0.3, -0.25) is 4.90 Å². The van der Waals surface area contributed by atoms with E-state index in [0.29, 0.717) is 12.1 Å². The summed E-state index contributed by atoms with van der Waals surface area (Å²) in [6.07, 6.45) is 2.50. The fraction of sp³-hybridized carbons (Fsp3) is 0.765. The Morgan fingerprint density at radius 2 is 2.15 bits per heavy atom. The molecular weight excluding hydrogens is 264 g/mol. The highest BCUT2D eigenvalue weighted by molar-refractivity contribution is 7.07. The van der Waals surface area contributed by atoms with E-state index in [-0.39, 0.29) is 0 Å². The number of hydrogen-bond donors (Lipinski definition) is 1. The van der Waals surface area contributed by atoms with Crippen molar-refractivity contribution in [1.82, 2.24) is 10.2 Å². The fourth-order valence-electron chi connectivity index (χ4n) is 3.09. The van der Waals surface area contributed by atoms with E-state index in [9.17, 15) is 0 Å². The normalized spacial score (nSPS) is 24.7. The van der Waals surface area contributed by atoms with E-state index >= 15 is 0 Å². The number of hydrogen-bond acceptors (Lipinski definition) is 3. The summed E-state index contributed by atoms with van der Waals surface area (Å²) >= 11 is 1.81. The van der Waals surface area contributed by atoms with Crippen LogP contribution >= 0.6 is 11.3 Å². The third kappa shape index (κ3) is 4.57. The predicted octanol–water partition coefficient (Wildman–Crippen LogP) is 3.64. The Hall–Kier alpha value is -0.380. The van der Waals surface area contributed by atoms with Gasteiger partial charge in [0.2, 0.25) is 0 Å². The van der Waals surface area contributed by atoms with Crippen LogP contribution in [0, 0.1) is 11.8 Å². The molecule has 1 aromatic rings. The summed E-state index contributed by atoms with van der Waals surface area (Å²) in [5.74, 6) is 1.50. The van der Waals surface area contributed by atoms with Gasteiger partial charge in [0.25, 0.3) is 0 Å². The Kier molecular flexibility index (Phi) is 6.06. The van der Waals surface area contributed by atoms with Crippen molar-refractivity contribution in [3.05, 3.63) is 22.4 Å². The first-order chi connectivity index (χ1) is 9.56. The Balaban J connectivity index is 1.93. The zero-order valence-corrected chi connectivity index (χ0v) is 14.2. The molecule has 1 fully saturated rings.